The molecule has 0 bridgehead atoms. The van der Waals surface area contributed by atoms with Crippen LogP contribution in [0.25, 0.3) is 0 Å². The van der Waals surface area contributed by atoms with E-state index in [4.69, 9.17) is 0 Å². The molecule has 1 heteroatoms. The average molecular weight is 217 g/mol. The third-order valence-corrected chi connectivity index (χ3v) is 3.74. The number of nitrogens with one attached hydrogen (secondary N) is 1. The highest BCUT2D eigenvalue weighted by molar-refractivity contribution is 5.50. The Labute approximate surface area is 99.3 Å². The van der Waals surface area contributed by atoms with Gasteiger partial charge in [0.1, 0.15) is 0 Å². The van der Waals surface area contributed by atoms with E-state index in [9.17, 15) is 0 Å². The van der Waals surface area contributed by atoms with Gasteiger partial charge in [-0.3, -0.25) is 0 Å². The lowest BCUT2D eigenvalue weighted by Gasteiger charge is -2.21. The number of hydrogen-bond acceptors (Lipinski definition) is 1. The number of benzene rings is 1. The van der Waals surface area contributed by atoms with Gasteiger partial charge < -0.3 is 5.32 Å². The van der Waals surface area contributed by atoms with Crippen LogP contribution in [0.15, 0.2) is 24.3 Å². The van der Waals surface area contributed by atoms with E-state index in [1.807, 2.05) is 0 Å². The van der Waals surface area contributed by atoms with Crippen molar-refractivity contribution in [1.82, 2.24) is 0 Å². The van der Waals surface area contributed by atoms with Gasteiger partial charge in [0.2, 0.25) is 0 Å². The molecule has 1 aliphatic rings. The lowest BCUT2D eigenvalue weighted by atomic mass is 9.87. The summed E-state index contributed by atoms with van der Waals surface area (Å²) in [4.78, 5) is 0. The number of anilines is 1. The molecule has 88 valence electrons. The molecule has 0 unspecified atom stereocenters. The Hall–Kier alpha value is -0.980. The minimum absolute atomic E-state index is 0.977. The Morgan fingerprint density at radius 3 is 2.62 bits per heavy atom. The summed E-state index contributed by atoms with van der Waals surface area (Å²) in [5.41, 5.74) is 2.66. The lowest BCUT2D eigenvalue weighted by Crippen LogP contribution is -2.12. The molecule has 0 radical (unpaired) electrons. The van der Waals surface area contributed by atoms with Crippen LogP contribution in [-0.2, 0) is 0 Å². The number of hydrogen-bond donors (Lipinski definition) is 1. The third-order valence-electron chi connectivity index (χ3n) is 3.74. The first kappa shape index (κ1) is 11.5. The van der Waals surface area contributed by atoms with Crippen molar-refractivity contribution in [3.05, 3.63) is 29.8 Å². The van der Waals surface area contributed by atoms with Gasteiger partial charge in [0, 0.05) is 12.2 Å². The van der Waals surface area contributed by atoms with E-state index in [2.05, 4.69) is 36.5 Å². The molecular formula is C15H23N. The average Bonchev–Trinajstić information content (AvgIpc) is 2.33. The molecule has 16 heavy (non-hydrogen) atoms. The first-order valence-electron chi connectivity index (χ1n) is 6.66. The predicted octanol–water partition coefficient (Wildman–Crippen LogP) is 4.38. The molecule has 1 aliphatic carbocycles. The SMILES string of the molecule is Cc1ccccc1NCCC1CCCCC1. The maximum atomic E-state index is 3.56. The third kappa shape index (κ3) is 3.26. The Balaban J connectivity index is 1.73. The largest absolute Gasteiger partial charge is 0.385 e. The normalized spacial score (nSPS) is 17.3. The lowest BCUT2D eigenvalue weighted by molar-refractivity contribution is 0.345. The summed E-state index contributed by atoms with van der Waals surface area (Å²) in [6.07, 6.45) is 8.62. The summed E-state index contributed by atoms with van der Waals surface area (Å²) < 4.78 is 0. The molecular weight excluding hydrogens is 194 g/mol. The van der Waals surface area contributed by atoms with E-state index in [1.54, 1.807) is 0 Å². The van der Waals surface area contributed by atoms with Crippen LogP contribution in [0.3, 0.4) is 0 Å². The van der Waals surface area contributed by atoms with Gasteiger partial charge in [0.25, 0.3) is 0 Å². The standard InChI is InChI=1S/C15H23N/c1-13-7-5-6-10-15(13)16-12-11-14-8-3-2-4-9-14/h5-7,10,14,16H,2-4,8-9,11-12H2,1H3. The molecule has 1 saturated carbocycles. The Kier molecular flexibility index (Phi) is 4.26. The van der Waals surface area contributed by atoms with Gasteiger partial charge in [0.05, 0.1) is 0 Å². The van der Waals surface area contributed by atoms with Crippen LogP contribution in [0.2, 0.25) is 0 Å². The van der Waals surface area contributed by atoms with E-state index in [1.165, 1.54) is 49.8 Å². The molecule has 0 aliphatic heterocycles. The van der Waals surface area contributed by atoms with Gasteiger partial charge in [-0.25, -0.2) is 0 Å². The zero-order chi connectivity index (χ0) is 11.2. The quantitative estimate of drug-likeness (QED) is 0.789. The molecule has 1 N–H and O–H groups in total. The fraction of sp³-hybridized carbons (Fsp3) is 0.600. The van der Waals surface area contributed by atoms with Crippen molar-refractivity contribution in [2.24, 2.45) is 5.92 Å². The minimum atomic E-state index is 0.977. The van der Waals surface area contributed by atoms with E-state index in [0.717, 1.165) is 12.5 Å². The molecule has 0 saturated heterocycles. The van der Waals surface area contributed by atoms with Crippen molar-refractivity contribution < 1.29 is 0 Å². The number of aryl methyl sites for hydroxylation is 1. The van der Waals surface area contributed by atoms with Crippen molar-refractivity contribution in [2.75, 3.05) is 11.9 Å². The molecule has 0 atom stereocenters. The maximum Gasteiger partial charge on any atom is 0.0369 e. The summed E-state index contributed by atoms with van der Waals surface area (Å²) in [6.45, 7) is 3.30. The van der Waals surface area contributed by atoms with Gasteiger partial charge in [-0.1, -0.05) is 50.3 Å². The second kappa shape index (κ2) is 5.93. The number of rotatable bonds is 4. The molecule has 1 fully saturated rings. The molecule has 0 aromatic heterocycles. The predicted molar refractivity (Wildman–Crippen MR) is 70.9 cm³/mol. The van der Waals surface area contributed by atoms with Gasteiger partial charge >= 0.3 is 0 Å². The Morgan fingerprint density at radius 1 is 1.12 bits per heavy atom. The fourth-order valence-corrected chi connectivity index (χ4v) is 2.66. The summed E-state index contributed by atoms with van der Waals surface area (Å²) in [7, 11) is 0. The van der Waals surface area contributed by atoms with E-state index >= 15 is 0 Å². The molecule has 1 nitrogen and oxygen atoms in total. The summed E-state index contributed by atoms with van der Waals surface area (Å²) in [5, 5.41) is 3.56. The highest BCUT2D eigenvalue weighted by Gasteiger charge is 2.12. The van der Waals surface area contributed by atoms with Gasteiger partial charge in [-0.15, -0.1) is 0 Å². The first-order chi connectivity index (χ1) is 7.86. The van der Waals surface area contributed by atoms with E-state index < -0.39 is 0 Å². The second-order valence-electron chi connectivity index (χ2n) is 5.03. The van der Waals surface area contributed by atoms with Crippen molar-refractivity contribution in [3.8, 4) is 0 Å². The van der Waals surface area contributed by atoms with Crippen LogP contribution in [0.1, 0.15) is 44.1 Å². The van der Waals surface area contributed by atoms with Crippen molar-refractivity contribution in [3.63, 3.8) is 0 Å². The Bertz CT molecular complexity index is 313. The van der Waals surface area contributed by atoms with Crippen LogP contribution in [-0.4, -0.2) is 6.54 Å². The van der Waals surface area contributed by atoms with Crippen molar-refractivity contribution in [1.29, 1.82) is 0 Å². The zero-order valence-corrected chi connectivity index (χ0v) is 10.3. The highest BCUT2D eigenvalue weighted by Crippen LogP contribution is 2.26. The summed E-state index contributed by atoms with van der Waals surface area (Å²) in [6, 6.07) is 8.55. The van der Waals surface area contributed by atoms with Crippen LogP contribution in [0.4, 0.5) is 5.69 Å². The molecule has 0 spiro atoms. The Morgan fingerprint density at radius 2 is 1.88 bits per heavy atom. The van der Waals surface area contributed by atoms with Crippen LogP contribution >= 0.6 is 0 Å². The molecule has 0 amide bonds. The first-order valence-corrected chi connectivity index (χ1v) is 6.66. The zero-order valence-electron chi connectivity index (χ0n) is 10.3. The topological polar surface area (TPSA) is 12.0 Å². The minimum Gasteiger partial charge on any atom is -0.385 e. The van der Waals surface area contributed by atoms with Gasteiger partial charge in [0.15, 0.2) is 0 Å². The maximum absolute atomic E-state index is 3.56. The molecule has 0 heterocycles. The highest BCUT2D eigenvalue weighted by atomic mass is 14.9. The molecule has 1 aromatic carbocycles. The van der Waals surface area contributed by atoms with Crippen molar-refractivity contribution in [2.45, 2.75) is 45.4 Å². The monoisotopic (exact) mass is 217 g/mol. The molecule has 1 aromatic rings. The van der Waals surface area contributed by atoms with Crippen molar-refractivity contribution >= 4 is 5.69 Å². The summed E-state index contributed by atoms with van der Waals surface area (Å²) >= 11 is 0. The van der Waals surface area contributed by atoms with Crippen LogP contribution < -0.4 is 5.32 Å². The molecule has 2 rings (SSSR count). The van der Waals surface area contributed by atoms with Crippen LogP contribution in [0.5, 0.6) is 0 Å². The van der Waals surface area contributed by atoms with E-state index in [0.29, 0.717) is 0 Å². The van der Waals surface area contributed by atoms with E-state index in [-0.39, 0.29) is 0 Å². The second-order valence-corrected chi connectivity index (χ2v) is 5.03. The summed E-state index contributed by atoms with van der Waals surface area (Å²) in [5.74, 6) is 0.977. The van der Waals surface area contributed by atoms with Gasteiger partial charge in [-0.2, -0.15) is 0 Å². The number of para-hydroxylation sites is 1. The smallest absolute Gasteiger partial charge is 0.0369 e. The van der Waals surface area contributed by atoms with Crippen LogP contribution in [0, 0.1) is 12.8 Å². The van der Waals surface area contributed by atoms with Gasteiger partial charge in [-0.05, 0) is 30.9 Å². The fourth-order valence-electron chi connectivity index (χ4n) is 2.66.